The third-order valence-corrected chi connectivity index (χ3v) is 5.27. The Morgan fingerprint density at radius 2 is 1.76 bits per heavy atom. The summed E-state index contributed by atoms with van der Waals surface area (Å²) in [6.07, 6.45) is -6.09. The van der Waals surface area contributed by atoms with Crippen molar-refractivity contribution in [1.82, 2.24) is 4.72 Å². The fourth-order valence-electron chi connectivity index (χ4n) is 2.12. The van der Waals surface area contributed by atoms with Crippen LogP contribution in [-0.4, -0.2) is 39.6 Å². The molecule has 1 aromatic carbocycles. The van der Waals surface area contributed by atoms with Crippen LogP contribution in [0.3, 0.4) is 0 Å². The standard InChI is InChI=1S/C16H23F4NO3S/c1-14(2,3)25(23)21-15(4,11-7-5-6-8-12(11)17)13(9-22)24-10-16(18,19)20/h5-8,13,21-22H,9-10H2,1-4H3/t13-,15+,25-/m0/s1. The molecule has 0 aliphatic rings. The minimum absolute atomic E-state index is 0.0474. The predicted octanol–water partition coefficient (Wildman–Crippen LogP) is 3.03. The van der Waals surface area contributed by atoms with Crippen LogP contribution in [0.1, 0.15) is 33.3 Å². The first kappa shape index (κ1) is 22.0. The molecule has 0 aliphatic heterocycles. The number of aliphatic hydroxyl groups is 1. The summed E-state index contributed by atoms with van der Waals surface area (Å²) >= 11 is 0. The van der Waals surface area contributed by atoms with E-state index < -0.39 is 52.6 Å². The molecule has 0 aliphatic carbocycles. The van der Waals surface area contributed by atoms with Crippen molar-refractivity contribution in [3.05, 3.63) is 35.6 Å². The van der Waals surface area contributed by atoms with Gasteiger partial charge in [0.2, 0.25) is 0 Å². The molecule has 0 fully saturated rings. The number of aliphatic hydroxyl groups excluding tert-OH is 1. The number of hydrogen-bond acceptors (Lipinski definition) is 3. The second kappa shape index (κ2) is 8.11. The normalized spacial score (nSPS) is 17.8. The maximum atomic E-state index is 14.3. The lowest BCUT2D eigenvalue weighted by Gasteiger charge is -2.39. The van der Waals surface area contributed by atoms with E-state index in [1.807, 2.05) is 0 Å². The lowest BCUT2D eigenvalue weighted by atomic mass is 9.87. The molecule has 4 nitrogen and oxygen atoms in total. The van der Waals surface area contributed by atoms with Crippen molar-refractivity contribution < 1.29 is 31.6 Å². The van der Waals surface area contributed by atoms with Gasteiger partial charge in [0, 0.05) is 5.56 Å². The van der Waals surface area contributed by atoms with Gasteiger partial charge in [0.1, 0.15) is 18.5 Å². The first-order valence-electron chi connectivity index (χ1n) is 7.55. The number of nitrogens with one attached hydrogen (secondary N) is 1. The first-order valence-corrected chi connectivity index (χ1v) is 8.70. The number of rotatable bonds is 7. The second-order valence-corrected chi connectivity index (χ2v) is 8.73. The largest absolute Gasteiger partial charge is 0.411 e. The van der Waals surface area contributed by atoms with Crippen molar-refractivity contribution >= 4 is 11.0 Å². The molecule has 25 heavy (non-hydrogen) atoms. The Morgan fingerprint density at radius 3 is 2.20 bits per heavy atom. The smallest absolute Gasteiger partial charge is 0.394 e. The van der Waals surface area contributed by atoms with Crippen LogP contribution >= 0.6 is 0 Å². The average molecular weight is 385 g/mol. The third kappa shape index (κ3) is 6.02. The lowest BCUT2D eigenvalue weighted by molar-refractivity contribution is -0.196. The predicted molar refractivity (Wildman–Crippen MR) is 87.7 cm³/mol. The van der Waals surface area contributed by atoms with Gasteiger partial charge in [-0.1, -0.05) is 18.2 Å². The maximum absolute atomic E-state index is 14.3. The summed E-state index contributed by atoms with van der Waals surface area (Å²) in [6, 6.07) is 5.40. The number of alkyl halides is 3. The number of hydrogen-bond donors (Lipinski definition) is 2. The van der Waals surface area contributed by atoms with Crippen molar-refractivity contribution in [3.63, 3.8) is 0 Å². The van der Waals surface area contributed by atoms with Crippen LogP contribution in [0.4, 0.5) is 17.6 Å². The van der Waals surface area contributed by atoms with Crippen molar-refractivity contribution in [2.24, 2.45) is 0 Å². The van der Waals surface area contributed by atoms with E-state index in [2.05, 4.69) is 4.72 Å². The molecule has 3 atom stereocenters. The average Bonchev–Trinajstić information content (AvgIpc) is 2.45. The zero-order chi connectivity index (χ0) is 19.5. The minimum atomic E-state index is -4.62. The third-order valence-electron chi connectivity index (χ3n) is 3.55. The Morgan fingerprint density at radius 1 is 1.20 bits per heavy atom. The van der Waals surface area contributed by atoms with E-state index in [9.17, 15) is 26.9 Å². The molecule has 0 bridgehead atoms. The van der Waals surface area contributed by atoms with E-state index in [1.54, 1.807) is 20.8 Å². The highest BCUT2D eigenvalue weighted by molar-refractivity contribution is 7.84. The monoisotopic (exact) mass is 385 g/mol. The van der Waals surface area contributed by atoms with Gasteiger partial charge in [0.15, 0.2) is 0 Å². The highest BCUT2D eigenvalue weighted by Crippen LogP contribution is 2.32. The van der Waals surface area contributed by atoms with Crippen LogP contribution in [0.2, 0.25) is 0 Å². The van der Waals surface area contributed by atoms with Crippen LogP contribution in [0.15, 0.2) is 24.3 Å². The molecule has 0 heterocycles. The van der Waals surface area contributed by atoms with Gasteiger partial charge in [-0.2, -0.15) is 13.2 Å². The van der Waals surface area contributed by atoms with Gasteiger partial charge in [0.25, 0.3) is 0 Å². The molecule has 0 saturated heterocycles. The van der Waals surface area contributed by atoms with Gasteiger partial charge in [0.05, 0.1) is 27.9 Å². The van der Waals surface area contributed by atoms with Crippen LogP contribution < -0.4 is 4.72 Å². The molecule has 0 unspecified atom stereocenters. The van der Waals surface area contributed by atoms with Gasteiger partial charge < -0.3 is 9.84 Å². The Balaban J connectivity index is 3.30. The summed E-state index contributed by atoms with van der Waals surface area (Å²) in [7, 11) is -1.75. The Hall–Kier alpha value is -1.03. The fraction of sp³-hybridized carbons (Fsp3) is 0.625. The summed E-state index contributed by atoms with van der Waals surface area (Å²) in [5.41, 5.74) is -1.70. The quantitative estimate of drug-likeness (QED) is 0.710. The molecule has 144 valence electrons. The summed E-state index contributed by atoms with van der Waals surface area (Å²) in [4.78, 5) is 0. The maximum Gasteiger partial charge on any atom is 0.411 e. The molecule has 2 N–H and O–H groups in total. The first-order chi connectivity index (χ1) is 11.3. The van der Waals surface area contributed by atoms with Crippen LogP contribution in [0.5, 0.6) is 0 Å². The van der Waals surface area contributed by atoms with Crippen molar-refractivity contribution in [1.29, 1.82) is 0 Å². The lowest BCUT2D eigenvalue weighted by Crippen LogP contribution is -2.56. The van der Waals surface area contributed by atoms with Gasteiger partial charge >= 0.3 is 6.18 Å². The summed E-state index contributed by atoms with van der Waals surface area (Å²) in [5, 5.41) is 9.57. The van der Waals surface area contributed by atoms with E-state index in [4.69, 9.17) is 4.74 Å². The molecular weight excluding hydrogens is 362 g/mol. The number of ether oxygens (including phenoxy) is 1. The minimum Gasteiger partial charge on any atom is -0.394 e. The highest BCUT2D eigenvalue weighted by Gasteiger charge is 2.43. The van der Waals surface area contributed by atoms with Gasteiger partial charge in [-0.25, -0.2) is 13.3 Å². The number of halogens is 4. The number of benzene rings is 1. The summed E-state index contributed by atoms with van der Waals surface area (Å²) in [5.74, 6) is -0.711. The second-order valence-electron chi connectivity index (χ2n) is 6.76. The van der Waals surface area contributed by atoms with Gasteiger partial charge in [-0.3, -0.25) is 0 Å². The van der Waals surface area contributed by atoms with Crippen LogP contribution in [-0.2, 0) is 21.3 Å². The molecule has 0 aromatic heterocycles. The topological polar surface area (TPSA) is 58.6 Å². The van der Waals surface area contributed by atoms with Crippen molar-refractivity contribution in [2.45, 2.75) is 50.3 Å². The van der Waals surface area contributed by atoms with Gasteiger partial charge in [-0.15, -0.1) is 0 Å². The van der Waals surface area contributed by atoms with E-state index >= 15 is 0 Å². The van der Waals surface area contributed by atoms with E-state index in [0.717, 1.165) is 6.07 Å². The Bertz CT molecular complexity index is 604. The molecule has 1 aromatic rings. The summed E-state index contributed by atoms with van der Waals surface area (Å²) in [6.45, 7) is 3.88. The van der Waals surface area contributed by atoms with Crippen molar-refractivity contribution in [2.75, 3.05) is 13.2 Å². The van der Waals surface area contributed by atoms with E-state index in [-0.39, 0.29) is 5.56 Å². The summed E-state index contributed by atoms with van der Waals surface area (Å²) < 4.78 is 71.0. The molecule has 0 saturated carbocycles. The van der Waals surface area contributed by atoms with Crippen molar-refractivity contribution in [3.8, 4) is 0 Å². The SMILES string of the molecule is CC(C)(C)[S@](=O)N[C@](C)(c1ccccc1F)[C@H](CO)OCC(F)(F)F. The van der Waals surface area contributed by atoms with E-state index in [0.29, 0.717) is 0 Å². The fourth-order valence-corrected chi connectivity index (χ4v) is 3.05. The molecular formula is C16H23F4NO3S. The zero-order valence-electron chi connectivity index (χ0n) is 14.5. The Labute approximate surface area is 147 Å². The Kier molecular flexibility index (Phi) is 7.14. The van der Waals surface area contributed by atoms with Crippen LogP contribution in [0.25, 0.3) is 0 Å². The zero-order valence-corrected chi connectivity index (χ0v) is 15.3. The highest BCUT2D eigenvalue weighted by atomic mass is 32.2. The molecule has 9 heteroatoms. The molecule has 1 rings (SSSR count). The molecule has 0 spiro atoms. The van der Waals surface area contributed by atoms with Crippen LogP contribution in [0, 0.1) is 5.82 Å². The van der Waals surface area contributed by atoms with Gasteiger partial charge in [-0.05, 0) is 33.8 Å². The molecule has 0 amide bonds. The molecule has 0 radical (unpaired) electrons. The van der Waals surface area contributed by atoms with E-state index in [1.165, 1.54) is 25.1 Å².